The first-order valence-corrected chi connectivity index (χ1v) is 7.36. The third-order valence-electron chi connectivity index (χ3n) is 3.53. The van der Waals surface area contributed by atoms with Gasteiger partial charge in [-0.05, 0) is 34.9 Å². The van der Waals surface area contributed by atoms with Crippen molar-refractivity contribution in [1.29, 1.82) is 0 Å². The number of nitrogens with zero attached hydrogens (tertiary/aromatic N) is 1. The van der Waals surface area contributed by atoms with E-state index in [4.69, 9.17) is 15.2 Å². The van der Waals surface area contributed by atoms with Gasteiger partial charge >= 0.3 is 0 Å². The summed E-state index contributed by atoms with van der Waals surface area (Å²) in [5.74, 6) is 0.647. The number of nitrogens with one attached hydrogen (secondary N) is 1. The predicted octanol–water partition coefficient (Wildman–Crippen LogP) is 2.62. The lowest BCUT2D eigenvalue weighted by Gasteiger charge is -2.10. The first-order valence-electron chi connectivity index (χ1n) is 7.36. The summed E-state index contributed by atoms with van der Waals surface area (Å²) >= 11 is 0. The van der Waals surface area contributed by atoms with Crippen LogP contribution < -0.4 is 15.2 Å². The van der Waals surface area contributed by atoms with Gasteiger partial charge in [0.2, 0.25) is 0 Å². The van der Waals surface area contributed by atoms with Crippen molar-refractivity contribution < 1.29 is 14.3 Å². The van der Waals surface area contributed by atoms with E-state index in [1.165, 1.54) is 0 Å². The van der Waals surface area contributed by atoms with Crippen LogP contribution in [0.1, 0.15) is 0 Å². The maximum absolute atomic E-state index is 10.9. The summed E-state index contributed by atoms with van der Waals surface area (Å²) in [6.45, 7) is -0.175. The number of hydrogen-bond acceptors (Lipinski definition) is 4. The molecule has 6 nitrogen and oxygen atoms in total. The van der Waals surface area contributed by atoms with Crippen molar-refractivity contribution in [1.82, 2.24) is 10.2 Å². The predicted molar refractivity (Wildman–Crippen MR) is 90.7 cm³/mol. The van der Waals surface area contributed by atoms with Gasteiger partial charge in [-0.3, -0.25) is 9.89 Å². The molecule has 0 aliphatic rings. The second-order valence-corrected chi connectivity index (χ2v) is 5.20. The maximum atomic E-state index is 10.9. The van der Waals surface area contributed by atoms with E-state index < -0.39 is 5.91 Å². The molecular weight excluding hydrogens is 306 g/mol. The molecule has 0 saturated carbocycles. The molecule has 1 heterocycles. The van der Waals surface area contributed by atoms with Gasteiger partial charge in [0.15, 0.2) is 6.61 Å². The average molecular weight is 323 g/mol. The minimum Gasteiger partial charge on any atom is -0.497 e. The second kappa shape index (κ2) is 6.87. The summed E-state index contributed by atoms with van der Waals surface area (Å²) < 4.78 is 10.7. The van der Waals surface area contributed by atoms with Crippen molar-refractivity contribution in [3.63, 3.8) is 0 Å². The molecule has 0 fully saturated rings. The van der Waals surface area contributed by atoms with Crippen molar-refractivity contribution in [3.8, 4) is 33.9 Å². The molecule has 1 aromatic heterocycles. The molecule has 6 heteroatoms. The SMILES string of the molecule is COc1cc(OCC(N)=O)cc(-c2ccc(-c3ccn[nH]3)cc2)c1. The monoisotopic (exact) mass is 323 g/mol. The van der Waals surface area contributed by atoms with E-state index in [1.54, 1.807) is 19.4 Å². The van der Waals surface area contributed by atoms with Gasteiger partial charge in [-0.1, -0.05) is 24.3 Å². The summed E-state index contributed by atoms with van der Waals surface area (Å²) in [6, 6.07) is 15.4. The highest BCUT2D eigenvalue weighted by Crippen LogP contribution is 2.31. The van der Waals surface area contributed by atoms with Gasteiger partial charge in [-0.2, -0.15) is 5.10 Å². The lowest BCUT2D eigenvalue weighted by Crippen LogP contribution is -2.20. The number of nitrogens with two attached hydrogens (primary N) is 1. The van der Waals surface area contributed by atoms with Crippen molar-refractivity contribution in [2.45, 2.75) is 0 Å². The van der Waals surface area contributed by atoms with Gasteiger partial charge in [0, 0.05) is 12.3 Å². The summed E-state index contributed by atoms with van der Waals surface area (Å²) in [6.07, 6.45) is 1.72. The molecule has 0 spiro atoms. The zero-order valence-electron chi connectivity index (χ0n) is 13.2. The molecule has 2 aromatic carbocycles. The lowest BCUT2D eigenvalue weighted by atomic mass is 10.0. The van der Waals surface area contributed by atoms with Gasteiger partial charge in [0.25, 0.3) is 5.91 Å². The molecule has 0 bridgehead atoms. The van der Waals surface area contributed by atoms with Crippen molar-refractivity contribution in [2.24, 2.45) is 5.73 Å². The first kappa shape index (κ1) is 15.6. The summed E-state index contributed by atoms with van der Waals surface area (Å²) in [4.78, 5) is 10.9. The van der Waals surface area contributed by atoms with Crippen LogP contribution in [0, 0.1) is 0 Å². The number of benzene rings is 2. The number of methoxy groups -OCH3 is 1. The van der Waals surface area contributed by atoms with Crippen molar-refractivity contribution in [2.75, 3.05) is 13.7 Å². The van der Waals surface area contributed by atoms with Gasteiger partial charge in [-0.15, -0.1) is 0 Å². The van der Waals surface area contributed by atoms with Crippen LogP contribution in [0.25, 0.3) is 22.4 Å². The van der Waals surface area contributed by atoms with E-state index in [0.717, 1.165) is 22.4 Å². The van der Waals surface area contributed by atoms with Crippen LogP contribution in [-0.2, 0) is 4.79 Å². The number of aromatic amines is 1. The summed E-state index contributed by atoms with van der Waals surface area (Å²) in [5.41, 5.74) is 9.04. The standard InChI is InChI=1S/C18H17N3O3/c1-23-15-8-14(9-16(10-15)24-11-18(19)22)12-2-4-13(5-3-12)17-6-7-20-21-17/h2-10H,11H2,1H3,(H2,19,22)(H,20,21). The van der Waals surface area contributed by atoms with Gasteiger partial charge in [0.05, 0.1) is 12.8 Å². The van der Waals surface area contributed by atoms with E-state index in [0.29, 0.717) is 11.5 Å². The topological polar surface area (TPSA) is 90.2 Å². The Kier molecular flexibility index (Phi) is 4.47. The average Bonchev–Trinajstić information content (AvgIpc) is 3.14. The van der Waals surface area contributed by atoms with Crippen LogP contribution >= 0.6 is 0 Å². The van der Waals surface area contributed by atoms with Gasteiger partial charge in [0.1, 0.15) is 11.5 Å². The highest BCUT2D eigenvalue weighted by atomic mass is 16.5. The molecule has 1 amide bonds. The number of carbonyl (C=O) groups excluding carboxylic acids is 1. The molecular formula is C18H17N3O3. The Bertz CT molecular complexity index is 827. The lowest BCUT2D eigenvalue weighted by molar-refractivity contribution is -0.119. The molecule has 3 aromatic rings. The Labute approximate surface area is 139 Å². The van der Waals surface area contributed by atoms with Crippen LogP contribution in [0.4, 0.5) is 0 Å². The fourth-order valence-electron chi connectivity index (χ4n) is 2.35. The fourth-order valence-corrected chi connectivity index (χ4v) is 2.35. The van der Waals surface area contributed by atoms with E-state index in [2.05, 4.69) is 10.2 Å². The van der Waals surface area contributed by atoms with Gasteiger partial charge < -0.3 is 15.2 Å². The number of H-pyrrole nitrogens is 1. The quantitative estimate of drug-likeness (QED) is 0.729. The van der Waals surface area contributed by atoms with E-state index >= 15 is 0 Å². The molecule has 0 saturated heterocycles. The Hall–Kier alpha value is -3.28. The molecule has 0 radical (unpaired) electrons. The summed E-state index contributed by atoms with van der Waals surface area (Å²) in [5, 5.41) is 6.89. The highest BCUT2D eigenvalue weighted by molar-refractivity contribution is 5.75. The number of rotatable bonds is 6. The third kappa shape index (κ3) is 3.55. The number of aromatic nitrogens is 2. The Balaban J connectivity index is 1.90. The number of hydrogen-bond donors (Lipinski definition) is 2. The van der Waals surface area contributed by atoms with Crippen LogP contribution in [-0.4, -0.2) is 29.8 Å². The van der Waals surface area contributed by atoms with E-state index in [1.807, 2.05) is 42.5 Å². The fraction of sp³-hybridized carbons (Fsp3) is 0.111. The molecule has 24 heavy (non-hydrogen) atoms. The van der Waals surface area contributed by atoms with E-state index in [9.17, 15) is 4.79 Å². The number of carbonyl (C=O) groups is 1. The number of ether oxygens (including phenoxy) is 2. The second-order valence-electron chi connectivity index (χ2n) is 5.20. The Morgan fingerprint density at radius 3 is 2.38 bits per heavy atom. The van der Waals surface area contributed by atoms with Crippen molar-refractivity contribution >= 4 is 5.91 Å². The number of primary amides is 1. The molecule has 0 unspecified atom stereocenters. The maximum Gasteiger partial charge on any atom is 0.255 e. The van der Waals surface area contributed by atoms with Crippen LogP contribution in [0.15, 0.2) is 54.7 Å². The molecule has 0 aliphatic heterocycles. The summed E-state index contributed by atoms with van der Waals surface area (Å²) in [7, 11) is 1.58. The zero-order chi connectivity index (χ0) is 16.9. The molecule has 3 N–H and O–H groups in total. The van der Waals surface area contributed by atoms with Crippen LogP contribution in [0.2, 0.25) is 0 Å². The largest absolute Gasteiger partial charge is 0.497 e. The normalized spacial score (nSPS) is 10.4. The Morgan fingerprint density at radius 1 is 1.04 bits per heavy atom. The smallest absolute Gasteiger partial charge is 0.255 e. The molecule has 0 aliphatic carbocycles. The first-order chi connectivity index (χ1) is 11.7. The van der Waals surface area contributed by atoms with Crippen molar-refractivity contribution in [3.05, 3.63) is 54.7 Å². The van der Waals surface area contributed by atoms with Crippen LogP contribution in [0.3, 0.4) is 0 Å². The highest BCUT2D eigenvalue weighted by Gasteiger charge is 2.07. The molecule has 3 rings (SSSR count). The Morgan fingerprint density at radius 2 is 1.75 bits per heavy atom. The molecule has 122 valence electrons. The van der Waals surface area contributed by atoms with E-state index in [-0.39, 0.29) is 6.61 Å². The minimum absolute atomic E-state index is 0.175. The molecule has 0 atom stereocenters. The minimum atomic E-state index is -0.525. The zero-order valence-corrected chi connectivity index (χ0v) is 13.2. The number of amides is 1. The van der Waals surface area contributed by atoms with Crippen LogP contribution in [0.5, 0.6) is 11.5 Å². The third-order valence-corrected chi connectivity index (χ3v) is 3.53. The van der Waals surface area contributed by atoms with Gasteiger partial charge in [-0.25, -0.2) is 0 Å².